The van der Waals surface area contributed by atoms with E-state index in [1.165, 1.54) is 0 Å². The van der Waals surface area contributed by atoms with Crippen LogP contribution in [0.1, 0.15) is 12.5 Å². The number of hydrogen-bond acceptors (Lipinski definition) is 3. The maximum atomic E-state index is 11.7. The van der Waals surface area contributed by atoms with Crippen molar-refractivity contribution in [2.75, 3.05) is 32.1 Å². The fourth-order valence-corrected chi connectivity index (χ4v) is 1.91. The van der Waals surface area contributed by atoms with Crippen LogP contribution in [-0.2, 0) is 4.79 Å². The lowest BCUT2D eigenvalue weighted by atomic mass is 10.1. The van der Waals surface area contributed by atoms with Gasteiger partial charge in [0.2, 0.25) is 5.91 Å². The quantitative estimate of drug-likeness (QED) is 0.857. The van der Waals surface area contributed by atoms with E-state index in [1.807, 2.05) is 24.0 Å². The summed E-state index contributed by atoms with van der Waals surface area (Å²) in [5.74, 6) is 0.0173. The normalized spacial score (nSPS) is 9.72. The maximum Gasteiger partial charge on any atom is 0.241 e. The van der Waals surface area contributed by atoms with Crippen LogP contribution in [0.15, 0.2) is 22.7 Å². The minimum Gasteiger partial charge on any atom is -0.361 e. The van der Waals surface area contributed by atoms with Gasteiger partial charge in [-0.25, -0.2) is 0 Å². The van der Waals surface area contributed by atoms with Gasteiger partial charge < -0.3 is 9.80 Å². The summed E-state index contributed by atoms with van der Waals surface area (Å²) < 4.78 is 0.859. The molecule has 1 amide bonds. The van der Waals surface area contributed by atoms with E-state index in [4.69, 9.17) is 5.26 Å². The molecule has 0 saturated carbocycles. The zero-order valence-corrected chi connectivity index (χ0v) is 12.4. The molecule has 4 nitrogen and oxygen atoms in total. The summed E-state index contributed by atoms with van der Waals surface area (Å²) in [4.78, 5) is 15.2. The summed E-state index contributed by atoms with van der Waals surface area (Å²) in [6, 6.07) is 7.65. The molecule has 0 heterocycles. The molecule has 18 heavy (non-hydrogen) atoms. The Labute approximate surface area is 116 Å². The predicted octanol–water partition coefficient (Wildman–Crippen LogP) is 2.24. The lowest BCUT2D eigenvalue weighted by Gasteiger charge is -2.25. The third kappa shape index (κ3) is 3.47. The lowest BCUT2D eigenvalue weighted by Crippen LogP contribution is -2.36. The largest absolute Gasteiger partial charge is 0.361 e. The number of rotatable bonds is 4. The summed E-state index contributed by atoms with van der Waals surface area (Å²) >= 11 is 3.34. The Kier molecular flexibility index (Phi) is 5.17. The van der Waals surface area contributed by atoms with E-state index >= 15 is 0 Å². The molecule has 0 aliphatic carbocycles. The highest BCUT2D eigenvalue weighted by molar-refractivity contribution is 9.10. The Morgan fingerprint density at radius 2 is 2.11 bits per heavy atom. The van der Waals surface area contributed by atoms with Gasteiger partial charge in [-0.1, -0.05) is 15.9 Å². The van der Waals surface area contributed by atoms with Crippen LogP contribution in [0.4, 0.5) is 5.69 Å². The number of likely N-dealkylation sites (N-methyl/N-ethyl adjacent to an activating group) is 2. The number of carbonyl (C=O) groups is 1. The van der Waals surface area contributed by atoms with Crippen LogP contribution in [0.5, 0.6) is 0 Å². The number of halogens is 1. The summed E-state index contributed by atoms with van der Waals surface area (Å²) in [7, 11) is 3.45. The van der Waals surface area contributed by atoms with Crippen LogP contribution < -0.4 is 4.90 Å². The second kappa shape index (κ2) is 6.41. The Balaban J connectivity index is 3.03. The predicted molar refractivity (Wildman–Crippen MR) is 75.4 cm³/mol. The van der Waals surface area contributed by atoms with Crippen LogP contribution in [-0.4, -0.2) is 38.0 Å². The van der Waals surface area contributed by atoms with Crippen LogP contribution in [0, 0.1) is 11.3 Å². The van der Waals surface area contributed by atoms with Crippen LogP contribution >= 0.6 is 15.9 Å². The third-order valence-electron chi connectivity index (χ3n) is 2.63. The minimum atomic E-state index is 0.0173. The molecule has 0 atom stereocenters. The maximum absolute atomic E-state index is 11.7. The number of nitriles is 1. The van der Waals surface area contributed by atoms with Gasteiger partial charge in [-0.3, -0.25) is 4.79 Å². The third-order valence-corrected chi connectivity index (χ3v) is 3.12. The van der Waals surface area contributed by atoms with E-state index < -0.39 is 0 Å². The zero-order valence-electron chi connectivity index (χ0n) is 10.8. The summed E-state index contributed by atoms with van der Waals surface area (Å²) in [5.41, 5.74) is 1.36. The fraction of sp³-hybridized carbons (Fsp3) is 0.385. The highest BCUT2D eigenvalue weighted by atomic mass is 79.9. The van der Waals surface area contributed by atoms with Crippen molar-refractivity contribution in [3.05, 3.63) is 28.2 Å². The molecule has 0 N–H and O–H groups in total. The molecular weight excluding hydrogens is 294 g/mol. The Morgan fingerprint density at radius 3 is 2.61 bits per heavy atom. The molecule has 96 valence electrons. The van der Waals surface area contributed by atoms with Gasteiger partial charge in [-0.05, 0) is 25.1 Å². The molecule has 0 aliphatic rings. The number of hydrogen-bond donors (Lipinski definition) is 0. The van der Waals surface area contributed by atoms with Gasteiger partial charge in [0.05, 0.1) is 17.8 Å². The van der Waals surface area contributed by atoms with E-state index in [2.05, 4.69) is 22.0 Å². The van der Waals surface area contributed by atoms with Crippen molar-refractivity contribution in [3.63, 3.8) is 0 Å². The summed E-state index contributed by atoms with van der Waals surface area (Å²) in [6.07, 6.45) is 0. The van der Waals surface area contributed by atoms with Gasteiger partial charge >= 0.3 is 0 Å². The first-order chi connectivity index (χ1) is 8.49. The van der Waals surface area contributed by atoms with Crippen molar-refractivity contribution in [2.45, 2.75) is 6.92 Å². The SMILES string of the molecule is CCN(CC(=O)N(C)C)c1ccc(Br)cc1C#N. The van der Waals surface area contributed by atoms with Crippen molar-refractivity contribution >= 4 is 27.5 Å². The lowest BCUT2D eigenvalue weighted by molar-refractivity contribution is -0.127. The average Bonchev–Trinajstić information content (AvgIpc) is 2.35. The highest BCUT2D eigenvalue weighted by Gasteiger charge is 2.14. The van der Waals surface area contributed by atoms with E-state index in [9.17, 15) is 4.79 Å². The van der Waals surface area contributed by atoms with E-state index in [0.29, 0.717) is 12.1 Å². The number of anilines is 1. The molecule has 0 unspecified atom stereocenters. The Morgan fingerprint density at radius 1 is 1.44 bits per heavy atom. The van der Waals surface area contributed by atoms with Gasteiger partial charge in [-0.15, -0.1) is 0 Å². The minimum absolute atomic E-state index is 0.0173. The number of amides is 1. The Bertz CT molecular complexity index is 480. The van der Waals surface area contributed by atoms with Crippen molar-refractivity contribution < 1.29 is 4.79 Å². The van der Waals surface area contributed by atoms with Crippen molar-refractivity contribution in [1.29, 1.82) is 5.26 Å². The molecule has 1 aromatic rings. The molecule has 0 radical (unpaired) electrons. The van der Waals surface area contributed by atoms with Gasteiger partial charge in [0.1, 0.15) is 6.07 Å². The second-order valence-corrected chi connectivity index (χ2v) is 4.99. The van der Waals surface area contributed by atoms with Crippen LogP contribution in [0.2, 0.25) is 0 Å². The first-order valence-corrected chi connectivity index (χ1v) is 6.43. The van der Waals surface area contributed by atoms with Crippen LogP contribution in [0.3, 0.4) is 0 Å². The summed E-state index contributed by atoms with van der Waals surface area (Å²) in [5, 5.41) is 9.14. The molecule has 0 bridgehead atoms. The fourth-order valence-electron chi connectivity index (χ4n) is 1.55. The van der Waals surface area contributed by atoms with E-state index in [-0.39, 0.29) is 12.5 Å². The number of benzene rings is 1. The monoisotopic (exact) mass is 309 g/mol. The highest BCUT2D eigenvalue weighted by Crippen LogP contribution is 2.23. The second-order valence-electron chi connectivity index (χ2n) is 4.08. The van der Waals surface area contributed by atoms with Gasteiger partial charge in [0.15, 0.2) is 0 Å². The van der Waals surface area contributed by atoms with E-state index in [0.717, 1.165) is 10.2 Å². The van der Waals surface area contributed by atoms with Crippen molar-refractivity contribution in [2.24, 2.45) is 0 Å². The Hall–Kier alpha value is -1.54. The molecule has 1 rings (SSSR count). The standard InChI is InChI=1S/C13H16BrN3O/c1-4-17(9-13(18)16(2)3)12-6-5-11(14)7-10(12)8-15/h5-7H,4,9H2,1-3H3. The van der Waals surface area contributed by atoms with Crippen molar-refractivity contribution in [1.82, 2.24) is 4.90 Å². The smallest absolute Gasteiger partial charge is 0.241 e. The van der Waals surface area contributed by atoms with Gasteiger partial charge in [0, 0.05) is 25.1 Å². The molecule has 5 heteroatoms. The van der Waals surface area contributed by atoms with E-state index in [1.54, 1.807) is 25.1 Å². The molecule has 1 aromatic carbocycles. The molecule has 0 aromatic heterocycles. The molecular formula is C13H16BrN3O. The number of carbonyl (C=O) groups excluding carboxylic acids is 1. The molecule has 0 fully saturated rings. The first kappa shape index (κ1) is 14.5. The summed E-state index contributed by atoms with van der Waals surface area (Å²) in [6.45, 7) is 2.92. The van der Waals surface area contributed by atoms with Crippen LogP contribution in [0.25, 0.3) is 0 Å². The van der Waals surface area contributed by atoms with Gasteiger partial charge in [0.25, 0.3) is 0 Å². The molecule has 0 spiro atoms. The van der Waals surface area contributed by atoms with Gasteiger partial charge in [-0.2, -0.15) is 5.26 Å². The first-order valence-electron chi connectivity index (χ1n) is 5.64. The zero-order chi connectivity index (χ0) is 13.7. The average molecular weight is 310 g/mol. The van der Waals surface area contributed by atoms with Crippen molar-refractivity contribution in [3.8, 4) is 6.07 Å². The molecule has 0 saturated heterocycles. The number of nitrogens with zero attached hydrogens (tertiary/aromatic N) is 3. The topological polar surface area (TPSA) is 47.3 Å². The molecule has 0 aliphatic heterocycles.